The number of rotatable bonds is 6. The van der Waals surface area contributed by atoms with E-state index in [4.69, 9.17) is 9.15 Å². The molecule has 0 saturated carbocycles. The van der Waals surface area contributed by atoms with Crippen LogP contribution in [-0.2, 0) is 11.2 Å². The van der Waals surface area contributed by atoms with E-state index in [-0.39, 0.29) is 11.8 Å². The van der Waals surface area contributed by atoms with Crippen molar-refractivity contribution in [3.63, 3.8) is 0 Å². The minimum Gasteiger partial charge on any atom is -0.476 e. The number of nitrogens with zero attached hydrogens (tertiary/aromatic N) is 1. The van der Waals surface area contributed by atoms with Crippen molar-refractivity contribution in [2.75, 3.05) is 7.11 Å². The van der Waals surface area contributed by atoms with Gasteiger partial charge in [0.2, 0.25) is 5.89 Å². The Labute approximate surface area is 117 Å². The maximum Gasteiger partial charge on any atom is 0.358 e. The third-order valence-electron chi connectivity index (χ3n) is 3.10. The van der Waals surface area contributed by atoms with Crippen LogP contribution in [0.4, 0.5) is 0 Å². The van der Waals surface area contributed by atoms with Gasteiger partial charge >= 0.3 is 5.97 Å². The van der Waals surface area contributed by atoms with Gasteiger partial charge in [-0.25, -0.2) is 9.78 Å². The molecule has 1 aromatic carbocycles. The predicted molar refractivity (Wildman–Crippen MR) is 73.7 cm³/mol. The van der Waals surface area contributed by atoms with Gasteiger partial charge in [0.1, 0.15) is 5.76 Å². The standard InChI is InChI=1S/C15H17NO4/c1-10(19-2)8-9-12-13(15(17)18)16-14(20-12)11-6-4-3-5-7-11/h3-7,10H,8-9H2,1-2H3,(H,17,18). The molecule has 1 unspecified atom stereocenters. The molecule has 0 amide bonds. The molecule has 20 heavy (non-hydrogen) atoms. The Hall–Kier alpha value is -2.14. The number of aromatic carboxylic acids is 1. The highest BCUT2D eigenvalue weighted by Crippen LogP contribution is 2.23. The second-order valence-corrected chi connectivity index (χ2v) is 4.55. The van der Waals surface area contributed by atoms with E-state index in [1.165, 1.54) is 0 Å². The maximum absolute atomic E-state index is 11.2. The second kappa shape index (κ2) is 6.34. The number of carboxylic acids is 1. The highest BCUT2D eigenvalue weighted by molar-refractivity contribution is 5.87. The summed E-state index contributed by atoms with van der Waals surface area (Å²) in [6.07, 6.45) is 1.21. The lowest BCUT2D eigenvalue weighted by atomic mass is 10.1. The van der Waals surface area contributed by atoms with Crippen LogP contribution in [0.5, 0.6) is 0 Å². The largest absolute Gasteiger partial charge is 0.476 e. The van der Waals surface area contributed by atoms with Crippen molar-refractivity contribution in [3.8, 4) is 11.5 Å². The summed E-state index contributed by atoms with van der Waals surface area (Å²) in [6.45, 7) is 1.93. The van der Waals surface area contributed by atoms with Gasteiger partial charge in [0.15, 0.2) is 5.69 Å². The first-order chi connectivity index (χ1) is 9.61. The number of carboxylic acid groups (broad SMARTS) is 1. The van der Waals surface area contributed by atoms with Gasteiger partial charge in [0.05, 0.1) is 6.10 Å². The number of carbonyl (C=O) groups is 1. The van der Waals surface area contributed by atoms with Crippen molar-refractivity contribution in [1.29, 1.82) is 0 Å². The van der Waals surface area contributed by atoms with Crippen LogP contribution in [0.15, 0.2) is 34.7 Å². The third kappa shape index (κ3) is 3.24. The molecule has 2 aromatic rings. The Morgan fingerprint density at radius 1 is 1.40 bits per heavy atom. The maximum atomic E-state index is 11.2. The summed E-state index contributed by atoms with van der Waals surface area (Å²) in [5.41, 5.74) is 0.744. The number of methoxy groups -OCH3 is 1. The van der Waals surface area contributed by atoms with E-state index in [0.717, 1.165) is 5.56 Å². The topological polar surface area (TPSA) is 72.6 Å². The number of aryl methyl sites for hydroxylation is 1. The van der Waals surface area contributed by atoms with Crippen molar-refractivity contribution in [3.05, 3.63) is 41.8 Å². The smallest absolute Gasteiger partial charge is 0.358 e. The summed E-state index contributed by atoms with van der Waals surface area (Å²) in [5.74, 6) is -0.348. The van der Waals surface area contributed by atoms with Gasteiger partial charge in [-0.3, -0.25) is 0 Å². The molecule has 1 atom stereocenters. The summed E-state index contributed by atoms with van der Waals surface area (Å²) >= 11 is 0. The van der Waals surface area contributed by atoms with Crippen LogP contribution < -0.4 is 0 Å². The van der Waals surface area contributed by atoms with Gasteiger partial charge in [-0.1, -0.05) is 18.2 Å². The molecule has 106 valence electrons. The molecule has 2 rings (SSSR count). The molecule has 0 aliphatic heterocycles. The van der Waals surface area contributed by atoms with Crippen molar-refractivity contribution in [2.45, 2.75) is 25.9 Å². The molecular weight excluding hydrogens is 258 g/mol. The quantitative estimate of drug-likeness (QED) is 0.877. The number of oxazole rings is 1. The lowest BCUT2D eigenvalue weighted by Gasteiger charge is -2.07. The number of ether oxygens (including phenoxy) is 1. The van der Waals surface area contributed by atoms with E-state index in [2.05, 4.69) is 4.98 Å². The molecule has 1 heterocycles. The zero-order chi connectivity index (χ0) is 14.5. The number of aromatic nitrogens is 1. The Morgan fingerprint density at radius 3 is 2.70 bits per heavy atom. The van der Waals surface area contributed by atoms with E-state index in [1.807, 2.05) is 37.3 Å². The van der Waals surface area contributed by atoms with Crippen molar-refractivity contribution < 1.29 is 19.1 Å². The molecule has 0 aliphatic carbocycles. The summed E-state index contributed by atoms with van der Waals surface area (Å²) in [7, 11) is 1.62. The monoisotopic (exact) mass is 275 g/mol. The van der Waals surface area contributed by atoms with Crippen LogP contribution in [-0.4, -0.2) is 29.3 Å². The number of hydrogen-bond donors (Lipinski definition) is 1. The Kier molecular flexibility index (Phi) is 4.53. The molecule has 0 spiro atoms. The molecule has 1 aromatic heterocycles. The van der Waals surface area contributed by atoms with Crippen LogP contribution in [0.2, 0.25) is 0 Å². The van der Waals surface area contributed by atoms with Gasteiger partial charge < -0.3 is 14.3 Å². The van der Waals surface area contributed by atoms with Gasteiger partial charge in [0.25, 0.3) is 0 Å². The molecule has 0 aliphatic rings. The lowest BCUT2D eigenvalue weighted by molar-refractivity contribution is 0.0687. The molecule has 1 N–H and O–H groups in total. The van der Waals surface area contributed by atoms with E-state index in [9.17, 15) is 9.90 Å². The Morgan fingerprint density at radius 2 is 2.10 bits per heavy atom. The fraction of sp³-hybridized carbons (Fsp3) is 0.333. The Balaban J connectivity index is 2.27. The zero-order valence-corrected chi connectivity index (χ0v) is 11.5. The first-order valence-corrected chi connectivity index (χ1v) is 6.43. The van der Waals surface area contributed by atoms with Crippen LogP contribution >= 0.6 is 0 Å². The van der Waals surface area contributed by atoms with E-state index in [1.54, 1.807) is 7.11 Å². The van der Waals surface area contributed by atoms with Crippen molar-refractivity contribution in [2.24, 2.45) is 0 Å². The second-order valence-electron chi connectivity index (χ2n) is 4.55. The van der Waals surface area contributed by atoms with E-state index in [0.29, 0.717) is 24.5 Å². The number of benzene rings is 1. The molecule has 0 saturated heterocycles. The van der Waals surface area contributed by atoms with Gasteiger partial charge in [-0.05, 0) is 25.5 Å². The average molecular weight is 275 g/mol. The Bertz CT molecular complexity index is 577. The van der Waals surface area contributed by atoms with Crippen molar-refractivity contribution >= 4 is 5.97 Å². The minimum atomic E-state index is -1.07. The molecular formula is C15H17NO4. The van der Waals surface area contributed by atoms with E-state index < -0.39 is 5.97 Å². The van der Waals surface area contributed by atoms with Crippen LogP contribution in [0.1, 0.15) is 29.6 Å². The van der Waals surface area contributed by atoms with Crippen LogP contribution in [0.25, 0.3) is 11.5 Å². The fourth-order valence-electron chi connectivity index (χ4n) is 1.84. The van der Waals surface area contributed by atoms with Gasteiger partial charge in [0, 0.05) is 19.1 Å². The normalized spacial score (nSPS) is 12.3. The molecule has 0 bridgehead atoms. The molecule has 5 heteroatoms. The summed E-state index contributed by atoms with van der Waals surface area (Å²) in [5, 5.41) is 9.19. The zero-order valence-electron chi connectivity index (χ0n) is 11.5. The average Bonchev–Trinajstić information content (AvgIpc) is 2.90. The van der Waals surface area contributed by atoms with E-state index >= 15 is 0 Å². The molecule has 0 radical (unpaired) electrons. The molecule has 0 fully saturated rings. The summed E-state index contributed by atoms with van der Waals surface area (Å²) < 4.78 is 10.8. The fourth-order valence-corrected chi connectivity index (χ4v) is 1.84. The highest BCUT2D eigenvalue weighted by Gasteiger charge is 2.20. The lowest BCUT2D eigenvalue weighted by Crippen LogP contribution is -2.08. The van der Waals surface area contributed by atoms with Gasteiger partial charge in [-0.15, -0.1) is 0 Å². The van der Waals surface area contributed by atoms with Crippen LogP contribution in [0.3, 0.4) is 0 Å². The number of hydrogen-bond acceptors (Lipinski definition) is 4. The third-order valence-corrected chi connectivity index (χ3v) is 3.10. The first kappa shape index (κ1) is 14.3. The minimum absolute atomic E-state index is 0.0212. The predicted octanol–water partition coefficient (Wildman–Crippen LogP) is 3.01. The van der Waals surface area contributed by atoms with Gasteiger partial charge in [-0.2, -0.15) is 0 Å². The highest BCUT2D eigenvalue weighted by atomic mass is 16.5. The molecule has 5 nitrogen and oxygen atoms in total. The van der Waals surface area contributed by atoms with Crippen LogP contribution in [0, 0.1) is 0 Å². The van der Waals surface area contributed by atoms with Crippen molar-refractivity contribution in [1.82, 2.24) is 4.98 Å². The SMILES string of the molecule is COC(C)CCc1oc(-c2ccccc2)nc1C(=O)O. The first-order valence-electron chi connectivity index (χ1n) is 6.43. The summed E-state index contributed by atoms with van der Waals surface area (Å²) in [6, 6.07) is 9.25. The summed E-state index contributed by atoms with van der Waals surface area (Å²) in [4.78, 5) is 15.3.